The lowest BCUT2D eigenvalue weighted by Gasteiger charge is -2.28. The molecule has 0 spiro atoms. The summed E-state index contributed by atoms with van der Waals surface area (Å²) in [6, 6.07) is 2.10. The number of amides is 1. The van der Waals surface area contributed by atoms with Crippen LogP contribution in [-0.4, -0.2) is 23.5 Å². The Hall–Kier alpha value is -0.680. The van der Waals surface area contributed by atoms with Crippen LogP contribution in [0.3, 0.4) is 0 Å². The van der Waals surface area contributed by atoms with Crippen molar-refractivity contribution in [2.75, 3.05) is 12.0 Å². The minimum Gasteiger partial charge on any atom is -0.397 e. The number of hydrogen-bond acceptors (Lipinski definition) is 4. The van der Waals surface area contributed by atoms with Crippen molar-refractivity contribution in [3.05, 3.63) is 16.3 Å². The van der Waals surface area contributed by atoms with Gasteiger partial charge in [-0.1, -0.05) is 6.42 Å². The molecule has 3 nitrogen and oxygen atoms in total. The van der Waals surface area contributed by atoms with Gasteiger partial charge in [0.2, 0.25) is 0 Å². The minimum atomic E-state index is -0.00995. The fraction of sp³-hybridized carbons (Fsp3) is 0.583. The third kappa shape index (κ3) is 3.16. The Bertz CT molecular complexity index is 392. The average Bonchev–Trinajstić information content (AvgIpc) is 2.76. The molecule has 1 aliphatic carbocycles. The molecule has 0 saturated heterocycles. The molecule has 2 rings (SSSR count). The van der Waals surface area contributed by atoms with E-state index in [1.54, 1.807) is 6.07 Å². The number of anilines is 1. The Morgan fingerprint density at radius 3 is 3.06 bits per heavy atom. The third-order valence-corrected chi connectivity index (χ3v) is 5.22. The molecule has 0 radical (unpaired) electrons. The smallest absolute Gasteiger partial charge is 0.263 e. The molecule has 94 valence electrons. The van der Waals surface area contributed by atoms with Gasteiger partial charge in [0.15, 0.2) is 0 Å². The van der Waals surface area contributed by atoms with Crippen LogP contribution in [0.25, 0.3) is 0 Å². The third-order valence-electron chi connectivity index (χ3n) is 3.20. The summed E-state index contributed by atoms with van der Waals surface area (Å²) in [4.78, 5) is 12.7. The van der Waals surface area contributed by atoms with Crippen molar-refractivity contribution < 1.29 is 4.79 Å². The predicted molar refractivity (Wildman–Crippen MR) is 75.8 cm³/mol. The van der Waals surface area contributed by atoms with Crippen molar-refractivity contribution >= 4 is 34.7 Å². The largest absolute Gasteiger partial charge is 0.397 e. The molecule has 1 saturated carbocycles. The van der Waals surface area contributed by atoms with E-state index in [9.17, 15) is 4.79 Å². The molecule has 2 unspecified atom stereocenters. The van der Waals surface area contributed by atoms with Gasteiger partial charge in [0.1, 0.15) is 4.88 Å². The van der Waals surface area contributed by atoms with Crippen molar-refractivity contribution in [2.45, 2.75) is 37.0 Å². The zero-order valence-electron chi connectivity index (χ0n) is 9.94. The zero-order valence-corrected chi connectivity index (χ0v) is 11.6. The highest BCUT2D eigenvalue weighted by molar-refractivity contribution is 7.99. The molecule has 1 heterocycles. The van der Waals surface area contributed by atoms with Crippen LogP contribution in [0, 0.1) is 0 Å². The van der Waals surface area contributed by atoms with Gasteiger partial charge in [-0.2, -0.15) is 11.8 Å². The molecule has 2 atom stereocenters. The maximum Gasteiger partial charge on any atom is 0.263 e. The van der Waals surface area contributed by atoms with E-state index in [-0.39, 0.29) is 5.91 Å². The molecule has 0 aromatic carbocycles. The van der Waals surface area contributed by atoms with Crippen LogP contribution in [0.2, 0.25) is 0 Å². The summed E-state index contributed by atoms with van der Waals surface area (Å²) in [6.07, 6.45) is 6.80. The number of thiophene rings is 1. The number of carbonyl (C=O) groups excluding carboxylic acids is 1. The zero-order chi connectivity index (χ0) is 12.3. The number of nitrogens with two attached hydrogens (primary N) is 1. The van der Waals surface area contributed by atoms with Crippen molar-refractivity contribution in [1.29, 1.82) is 0 Å². The average molecular weight is 270 g/mol. The van der Waals surface area contributed by atoms with E-state index in [1.807, 2.05) is 17.1 Å². The minimum absolute atomic E-state index is 0.00995. The van der Waals surface area contributed by atoms with Crippen LogP contribution in [-0.2, 0) is 0 Å². The van der Waals surface area contributed by atoms with E-state index < -0.39 is 0 Å². The maximum atomic E-state index is 12.0. The Morgan fingerprint density at radius 2 is 2.41 bits per heavy atom. The molecule has 0 aliphatic heterocycles. The first kappa shape index (κ1) is 12.8. The van der Waals surface area contributed by atoms with Gasteiger partial charge in [0.05, 0.1) is 5.69 Å². The van der Waals surface area contributed by atoms with Crippen LogP contribution in [0.5, 0.6) is 0 Å². The Balaban J connectivity index is 1.93. The van der Waals surface area contributed by atoms with Crippen LogP contribution >= 0.6 is 23.1 Å². The lowest BCUT2D eigenvalue weighted by Crippen LogP contribution is -2.39. The number of hydrogen-bond donors (Lipinski definition) is 2. The molecular weight excluding hydrogens is 252 g/mol. The molecule has 5 heteroatoms. The highest BCUT2D eigenvalue weighted by atomic mass is 32.2. The fourth-order valence-electron chi connectivity index (χ4n) is 2.24. The Labute approximate surface area is 110 Å². The predicted octanol–water partition coefficient (Wildman–Crippen LogP) is 2.73. The molecule has 3 N–H and O–H groups in total. The van der Waals surface area contributed by atoms with Crippen molar-refractivity contribution in [3.8, 4) is 0 Å². The summed E-state index contributed by atoms with van der Waals surface area (Å²) in [5, 5.41) is 5.65. The van der Waals surface area contributed by atoms with Crippen molar-refractivity contribution in [2.24, 2.45) is 0 Å². The highest BCUT2D eigenvalue weighted by Crippen LogP contribution is 2.27. The van der Waals surface area contributed by atoms with E-state index in [0.717, 1.165) is 12.8 Å². The van der Waals surface area contributed by atoms with Gasteiger partial charge in [0, 0.05) is 11.3 Å². The van der Waals surface area contributed by atoms with E-state index in [0.29, 0.717) is 21.9 Å². The molecule has 1 amide bonds. The van der Waals surface area contributed by atoms with E-state index in [4.69, 9.17) is 5.73 Å². The van der Waals surface area contributed by atoms with Crippen molar-refractivity contribution in [3.63, 3.8) is 0 Å². The first-order valence-corrected chi connectivity index (χ1v) is 8.04. The molecule has 0 bridgehead atoms. The second-order valence-electron chi connectivity index (χ2n) is 4.40. The normalized spacial score (nSPS) is 24.5. The highest BCUT2D eigenvalue weighted by Gasteiger charge is 2.23. The van der Waals surface area contributed by atoms with Crippen LogP contribution in [0.15, 0.2) is 11.4 Å². The summed E-state index contributed by atoms with van der Waals surface area (Å²) < 4.78 is 0. The van der Waals surface area contributed by atoms with Gasteiger partial charge < -0.3 is 11.1 Å². The van der Waals surface area contributed by atoms with Crippen LogP contribution < -0.4 is 11.1 Å². The summed E-state index contributed by atoms with van der Waals surface area (Å²) in [7, 11) is 0. The standard InChI is InChI=1S/C12H18N2OS2/c1-16-9-4-2-3-8(7-9)14-12(15)11-10(13)5-6-17-11/h5-6,8-9H,2-4,7,13H2,1H3,(H,14,15). The lowest BCUT2D eigenvalue weighted by molar-refractivity contribution is 0.0933. The van der Waals surface area contributed by atoms with E-state index in [2.05, 4.69) is 11.6 Å². The summed E-state index contributed by atoms with van der Waals surface area (Å²) >= 11 is 3.31. The number of carbonyl (C=O) groups is 1. The summed E-state index contributed by atoms with van der Waals surface area (Å²) in [6.45, 7) is 0. The van der Waals surface area contributed by atoms with E-state index in [1.165, 1.54) is 24.2 Å². The molecule has 1 fully saturated rings. The van der Waals surface area contributed by atoms with Gasteiger partial charge in [-0.05, 0) is 37.0 Å². The van der Waals surface area contributed by atoms with Gasteiger partial charge in [0.25, 0.3) is 5.91 Å². The summed E-state index contributed by atoms with van der Waals surface area (Å²) in [5.74, 6) is -0.00995. The molecule has 1 aliphatic rings. The summed E-state index contributed by atoms with van der Waals surface area (Å²) in [5.41, 5.74) is 6.33. The van der Waals surface area contributed by atoms with Crippen molar-refractivity contribution in [1.82, 2.24) is 5.32 Å². The second kappa shape index (κ2) is 5.78. The molecular formula is C12H18N2OS2. The number of nitrogens with one attached hydrogen (secondary N) is 1. The van der Waals surface area contributed by atoms with Gasteiger partial charge in [-0.3, -0.25) is 4.79 Å². The van der Waals surface area contributed by atoms with E-state index >= 15 is 0 Å². The Kier molecular flexibility index (Phi) is 4.34. The Morgan fingerprint density at radius 1 is 1.59 bits per heavy atom. The molecule has 1 aromatic heterocycles. The molecule has 17 heavy (non-hydrogen) atoms. The molecule has 1 aromatic rings. The van der Waals surface area contributed by atoms with Crippen LogP contribution in [0.4, 0.5) is 5.69 Å². The van der Waals surface area contributed by atoms with Gasteiger partial charge >= 0.3 is 0 Å². The van der Waals surface area contributed by atoms with Gasteiger partial charge in [-0.25, -0.2) is 0 Å². The second-order valence-corrected chi connectivity index (χ2v) is 6.45. The fourth-order valence-corrected chi connectivity index (χ4v) is 3.79. The SMILES string of the molecule is CSC1CCCC(NC(=O)c2sccc2N)C1. The maximum absolute atomic E-state index is 12.0. The quantitative estimate of drug-likeness (QED) is 0.888. The number of nitrogen functional groups attached to an aromatic ring is 1. The number of thioether (sulfide) groups is 1. The number of rotatable bonds is 3. The lowest BCUT2D eigenvalue weighted by atomic mass is 9.95. The van der Waals surface area contributed by atoms with Crippen LogP contribution in [0.1, 0.15) is 35.4 Å². The topological polar surface area (TPSA) is 55.1 Å². The van der Waals surface area contributed by atoms with Gasteiger partial charge in [-0.15, -0.1) is 11.3 Å². The first-order chi connectivity index (χ1) is 8.20. The first-order valence-electron chi connectivity index (χ1n) is 5.87. The monoisotopic (exact) mass is 270 g/mol.